The van der Waals surface area contributed by atoms with Crippen molar-refractivity contribution in [2.75, 3.05) is 7.05 Å². The van der Waals surface area contributed by atoms with Crippen molar-refractivity contribution in [2.24, 2.45) is 0 Å². The van der Waals surface area contributed by atoms with Gasteiger partial charge in [-0.05, 0) is 11.6 Å². The van der Waals surface area contributed by atoms with Crippen molar-refractivity contribution in [2.45, 2.75) is 0 Å². The zero-order chi connectivity index (χ0) is 8.97. The molecule has 1 aromatic rings. The number of carbonyl (C=O) groups excluding carboxylic acids is 1. The van der Waals surface area contributed by atoms with Gasteiger partial charge in [0.15, 0.2) is 0 Å². The van der Waals surface area contributed by atoms with Gasteiger partial charge in [-0.25, -0.2) is 0 Å². The third-order valence-electron chi connectivity index (χ3n) is 1.48. The Bertz CT molecular complexity index is 290. The molecule has 1 aromatic heterocycles. The molecule has 0 radical (unpaired) electrons. The van der Waals surface area contributed by atoms with Gasteiger partial charge in [0, 0.05) is 13.2 Å². The lowest BCUT2D eigenvalue weighted by Crippen LogP contribution is -2.18. The molecule has 62 valence electrons. The van der Waals surface area contributed by atoms with E-state index in [9.17, 15) is 4.79 Å². The van der Waals surface area contributed by atoms with Gasteiger partial charge in [0.1, 0.15) is 5.69 Å². The van der Waals surface area contributed by atoms with Crippen molar-refractivity contribution in [3.63, 3.8) is 0 Å². The Labute approximate surface area is 71.1 Å². The summed E-state index contributed by atoms with van der Waals surface area (Å²) in [6.07, 6.45) is 3.29. The van der Waals surface area contributed by atoms with Crippen molar-refractivity contribution in [1.82, 2.24) is 10.3 Å². The molecule has 1 N–H and O–H groups in total. The molecule has 0 unspecified atom stereocenters. The molecule has 3 nitrogen and oxygen atoms in total. The Morgan fingerprint density at radius 1 is 1.67 bits per heavy atom. The second-order valence-corrected chi connectivity index (χ2v) is 2.26. The second kappa shape index (κ2) is 3.67. The number of nitrogens with zero attached hydrogens (tertiary/aromatic N) is 1. The molecule has 0 aromatic carbocycles. The molecule has 0 spiro atoms. The number of hydrogen-bond donors (Lipinski definition) is 1. The molecule has 0 saturated heterocycles. The zero-order valence-electron chi connectivity index (χ0n) is 6.87. The number of hydrogen-bond acceptors (Lipinski definition) is 2. The molecule has 1 heterocycles. The van der Waals surface area contributed by atoms with Crippen LogP contribution >= 0.6 is 0 Å². The summed E-state index contributed by atoms with van der Waals surface area (Å²) in [7, 11) is 1.57. The molecular weight excluding hydrogens is 152 g/mol. The van der Waals surface area contributed by atoms with Crippen LogP contribution in [0.3, 0.4) is 0 Å². The van der Waals surface area contributed by atoms with Gasteiger partial charge in [-0.2, -0.15) is 0 Å². The Balaban J connectivity index is 2.91. The van der Waals surface area contributed by atoms with Gasteiger partial charge in [0.2, 0.25) is 0 Å². The molecule has 0 saturated carbocycles. The topological polar surface area (TPSA) is 42.0 Å². The van der Waals surface area contributed by atoms with Gasteiger partial charge >= 0.3 is 0 Å². The quantitative estimate of drug-likeness (QED) is 0.707. The number of pyridine rings is 1. The molecule has 0 aliphatic rings. The second-order valence-electron chi connectivity index (χ2n) is 2.26. The molecule has 0 bridgehead atoms. The van der Waals surface area contributed by atoms with Crippen LogP contribution in [0.4, 0.5) is 0 Å². The summed E-state index contributed by atoms with van der Waals surface area (Å²) < 4.78 is 0. The molecular formula is C9H10N2O. The van der Waals surface area contributed by atoms with Crippen LogP contribution in [-0.2, 0) is 0 Å². The minimum Gasteiger partial charge on any atom is -0.354 e. The average molecular weight is 162 g/mol. The first-order valence-corrected chi connectivity index (χ1v) is 3.58. The highest BCUT2D eigenvalue weighted by Crippen LogP contribution is 2.00. The summed E-state index contributed by atoms with van der Waals surface area (Å²) in [6, 6.07) is 3.46. The van der Waals surface area contributed by atoms with E-state index in [1.54, 1.807) is 31.5 Å². The highest BCUT2D eigenvalue weighted by Gasteiger charge is 2.01. The van der Waals surface area contributed by atoms with E-state index in [-0.39, 0.29) is 5.91 Å². The van der Waals surface area contributed by atoms with Crippen LogP contribution in [0, 0.1) is 0 Å². The first kappa shape index (κ1) is 8.46. The SMILES string of the molecule is C=Cc1ccc(C(=O)NC)nc1. The molecule has 1 rings (SSSR count). The van der Waals surface area contributed by atoms with Crippen molar-refractivity contribution in [3.05, 3.63) is 36.2 Å². The minimum absolute atomic E-state index is 0.175. The normalized spacial score (nSPS) is 9.08. The monoisotopic (exact) mass is 162 g/mol. The Kier molecular flexibility index (Phi) is 2.58. The van der Waals surface area contributed by atoms with Crippen molar-refractivity contribution < 1.29 is 4.79 Å². The van der Waals surface area contributed by atoms with Crippen LogP contribution in [-0.4, -0.2) is 17.9 Å². The van der Waals surface area contributed by atoms with E-state index >= 15 is 0 Å². The number of nitrogens with one attached hydrogen (secondary N) is 1. The van der Waals surface area contributed by atoms with E-state index in [0.717, 1.165) is 5.56 Å². The lowest BCUT2D eigenvalue weighted by molar-refractivity contribution is 0.0958. The van der Waals surface area contributed by atoms with E-state index < -0.39 is 0 Å². The number of aromatic nitrogens is 1. The highest BCUT2D eigenvalue weighted by molar-refractivity contribution is 5.92. The Hall–Kier alpha value is -1.64. The highest BCUT2D eigenvalue weighted by atomic mass is 16.1. The van der Waals surface area contributed by atoms with E-state index in [4.69, 9.17) is 0 Å². The summed E-state index contributed by atoms with van der Waals surface area (Å²) in [4.78, 5) is 15.0. The zero-order valence-corrected chi connectivity index (χ0v) is 6.87. The van der Waals surface area contributed by atoms with Crippen LogP contribution in [0.1, 0.15) is 16.1 Å². The maximum absolute atomic E-state index is 11.0. The van der Waals surface area contributed by atoms with E-state index in [1.165, 1.54) is 0 Å². The van der Waals surface area contributed by atoms with Gasteiger partial charge in [0.25, 0.3) is 5.91 Å². The fraction of sp³-hybridized carbons (Fsp3) is 0.111. The van der Waals surface area contributed by atoms with E-state index in [2.05, 4.69) is 16.9 Å². The summed E-state index contributed by atoms with van der Waals surface area (Å²) in [5.41, 5.74) is 1.32. The van der Waals surface area contributed by atoms with E-state index in [0.29, 0.717) is 5.69 Å². The molecule has 1 amide bonds. The predicted molar refractivity (Wildman–Crippen MR) is 47.7 cm³/mol. The summed E-state index contributed by atoms with van der Waals surface area (Å²) in [6.45, 7) is 3.59. The fourth-order valence-corrected chi connectivity index (χ4v) is 0.788. The van der Waals surface area contributed by atoms with Gasteiger partial charge in [-0.15, -0.1) is 0 Å². The predicted octanol–water partition coefficient (Wildman–Crippen LogP) is 1.08. The summed E-state index contributed by atoms with van der Waals surface area (Å²) >= 11 is 0. The lowest BCUT2D eigenvalue weighted by Gasteiger charge is -1.97. The first-order chi connectivity index (χ1) is 5.77. The smallest absolute Gasteiger partial charge is 0.269 e. The molecule has 0 aliphatic carbocycles. The third-order valence-corrected chi connectivity index (χ3v) is 1.48. The van der Waals surface area contributed by atoms with Crippen molar-refractivity contribution in [1.29, 1.82) is 0 Å². The Morgan fingerprint density at radius 2 is 2.42 bits per heavy atom. The molecule has 3 heteroatoms. The number of rotatable bonds is 2. The fourth-order valence-electron chi connectivity index (χ4n) is 0.788. The van der Waals surface area contributed by atoms with Crippen molar-refractivity contribution >= 4 is 12.0 Å². The van der Waals surface area contributed by atoms with Crippen LogP contribution < -0.4 is 5.32 Å². The van der Waals surface area contributed by atoms with Gasteiger partial charge in [-0.3, -0.25) is 9.78 Å². The van der Waals surface area contributed by atoms with Gasteiger partial charge < -0.3 is 5.32 Å². The molecule has 0 atom stereocenters. The average Bonchev–Trinajstić information content (AvgIpc) is 2.17. The molecule has 0 fully saturated rings. The van der Waals surface area contributed by atoms with Gasteiger partial charge in [0.05, 0.1) is 0 Å². The third kappa shape index (κ3) is 1.69. The number of amides is 1. The maximum atomic E-state index is 11.0. The van der Waals surface area contributed by atoms with Gasteiger partial charge in [-0.1, -0.05) is 18.7 Å². The molecule has 0 aliphatic heterocycles. The molecule has 12 heavy (non-hydrogen) atoms. The lowest BCUT2D eigenvalue weighted by atomic mass is 10.2. The maximum Gasteiger partial charge on any atom is 0.269 e. The van der Waals surface area contributed by atoms with Crippen LogP contribution in [0.15, 0.2) is 24.9 Å². The standard InChI is InChI=1S/C9H10N2O/c1-3-7-4-5-8(11-6-7)9(12)10-2/h3-6H,1H2,2H3,(H,10,12). The summed E-state index contributed by atoms with van der Waals surface area (Å²) in [5.74, 6) is -0.175. The number of carbonyl (C=O) groups is 1. The first-order valence-electron chi connectivity index (χ1n) is 3.58. The van der Waals surface area contributed by atoms with E-state index in [1.807, 2.05) is 0 Å². The van der Waals surface area contributed by atoms with Crippen LogP contribution in [0.5, 0.6) is 0 Å². The largest absolute Gasteiger partial charge is 0.354 e. The Morgan fingerprint density at radius 3 is 2.83 bits per heavy atom. The minimum atomic E-state index is -0.175. The van der Waals surface area contributed by atoms with Crippen molar-refractivity contribution in [3.8, 4) is 0 Å². The summed E-state index contributed by atoms with van der Waals surface area (Å²) in [5, 5.41) is 2.49. The van der Waals surface area contributed by atoms with Crippen LogP contribution in [0.25, 0.3) is 6.08 Å². The van der Waals surface area contributed by atoms with Crippen LogP contribution in [0.2, 0.25) is 0 Å².